The molecule has 0 unspecified atom stereocenters. The van der Waals surface area contributed by atoms with Crippen LogP contribution in [-0.4, -0.2) is 30.3 Å². The molecule has 0 aliphatic carbocycles. The number of amidine groups is 1. The minimum atomic E-state index is -4.33. The molecule has 1 aromatic rings. The van der Waals surface area contributed by atoms with Crippen LogP contribution in [0.4, 0.5) is 18.9 Å². The molecular weight excluding hydrogens is 327 g/mol. The van der Waals surface area contributed by atoms with Gasteiger partial charge in [-0.3, -0.25) is 0 Å². The van der Waals surface area contributed by atoms with Crippen molar-refractivity contribution in [3.05, 3.63) is 28.2 Å². The highest BCUT2D eigenvalue weighted by Crippen LogP contribution is 2.30. The van der Waals surface area contributed by atoms with E-state index in [0.29, 0.717) is 4.47 Å². The minimum absolute atomic E-state index is 0.141. The molecule has 0 bridgehead atoms. The van der Waals surface area contributed by atoms with Crippen LogP contribution in [0.15, 0.2) is 27.8 Å². The summed E-state index contributed by atoms with van der Waals surface area (Å²) in [6.07, 6.45) is -4.33. The molecule has 106 valence electrons. The first kappa shape index (κ1) is 15.6. The standard InChI is InChI=1S/C11H13BrF3N3O/c1-2-18(6-11(13,14)15)8-5-3-4-7(12)9(8)10(16)17-19/h3-5,19H,2,6H2,1H3,(H2,16,17). The quantitative estimate of drug-likeness (QED) is 0.383. The summed E-state index contributed by atoms with van der Waals surface area (Å²) in [7, 11) is 0. The Balaban J connectivity index is 3.28. The average molecular weight is 340 g/mol. The Kier molecular flexibility index (Phi) is 5.04. The summed E-state index contributed by atoms with van der Waals surface area (Å²) in [4.78, 5) is 1.11. The van der Waals surface area contributed by atoms with Crippen molar-refractivity contribution in [3.8, 4) is 0 Å². The summed E-state index contributed by atoms with van der Waals surface area (Å²) in [5.74, 6) is -0.247. The van der Waals surface area contributed by atoms with E-state index < -0.39 is 12.7 Å². The van der Waals surface area contributed by atoms with Crippen molar-refractivity contribution in [2.45, 2.75) is 13.1 Å². The van der Waals surface area contributed by atoms with Gasteiger partial charge in [0.2, 0.25) is 0 Å². The Hall–Kier alpha value is -1.44. The van der Waals surface area contributed by atoms with Crippen LogP contribution in [-0.2, 0) is 0 Å². The molecule has 0 atom stereocenters. The van der Waals surface area contributed by atoms with Gasteiger partial charge in [0.1, 0.15) is 6.54 Å². The summed E-state index contributed by atoms with van der Waals surface area (Å²) in [5.41, 5.74) is 6.00. The Labute approximate surface area is 116 Å². The fourth-order valence-electron chi connectivity index (χ4n) is 1.66. The first-order valence-electron chi connectivity index (χ1n) is 5.38. The Bertz CT molecular complexity index is 477. The van der Waals surface area contributed by atoms with Crippen molar-refractivity contribution in [2.75, 3.05) is 18.0 Å². The predicted octanol–water partition coefficient (Wildman–Crippen LogP) is 2.93. The highest BCUT2D eigenvalue weighted by molar-refractivity contribution is 9.10. The number of hydrogen-bond acceptors (Lipinski definition) is 3. The molecule has 1 aromatic carbocycles. The smallest absolute Gasteiger partial charge is 0.405 e. The third-order valence-corrected chi connectivity index (χ3v) is 3.11. The van der Waals surface area contributed by atoms with Gasteiger partial charge in [-0.15, -0.1) is 0 Å². The van der Waals surface area contributed by atoms with Gasteiger partial charge in [0.05, 0.1) is 5.56 Å². The molecule has 0 saturated carbocycles. The number of alkyl halides is 3. The Morgan fingerprint density at radius 1 is 1.47 bits per heavy atom. The van der Waals surface area contributed by atoms with Gasteiger partial charge >= 0.3 is 6.18 Å². The second-order valence-electron chi connectivity index (χ2n) is 3.75. The van der Waals surface area contributed by atoms with E-state index in [4.69, 9.17) is 10.9 Å². The number of rotatable bonds is 4. The molecule has 8 heteroatoms. The van der Waals surface area contributed by atoms with Gasteiger partial charge < -0.3 is 15.8 Å². The molecule has 19 heavy (non-hydrogen) atoms. The average Bonchev–Trinajstić information content (AvgIpc) is 2.33. The number of nitrogens with two attached hydrogens (primary N) is 1. The van der Waals surface area contributed by atoms with Gasteiger partial charge in [0.15, 0.2) is 5.84 Å². The van der Waals surface area contributed by atoms with E-state index >= 15 is 0 Å². The molecule has 0 fully saturated rings. The highest BCUT2D eigenvalue weighted by atomic mass is 79.9. The molecule has 0 aliphatic heterocycles. The van der Waals surface area contributed by atoms with Gasteiger partial charge in [0.25, 0.3) is 0 Å². The number of hydrogen-bond donors (Lipinski definition) is 2. The molecule has 0 spiro atoms. The van der Waals surface area contributed by atoms with E-state index in [0.717, 1.165) is 4.90 Å². The molecule has 0 aliphatic rings. The highest BCUT2D eigenvalue weighted by Gasteiger charge is 2.31. The number of benzene rings is 1. The molecule has 3 N–H and O–H groups in total. The van der Waals surface area contributed by atoms with Crippen molar-refractivity contribution in [2.24, 2.45) is 10.9 Å². The van der Waals surface area contributed by atoms with E-state index in [1.807, 2.05) is 0 Å². The van der Waals surface area contributed by atoms with E-state index in [9.17, 15) is 13.2 Å². The van der Waals surface area contributed by atoms with Crippen LogP contribution in [0, 0.1) is 0 Å². The molecule has 0 aromatic heterocycles. The Morgan fingerprint density at radius 3 is 2.58 bits per heavy atom. The summed E-state index contributed by atoms with van der Waals surface area (Å²) < 4.78 is 38.0. The molecular formula is C11H13BrF3N3O. The zero-order valence-electron chi connectivity index (χ0n) is 10.1. The first-order chi connectivity index (χ1) is 8.80. The fraction of sp³-hybridized carbons (Fsp3) is 0.364. The van der Waals surface area contributed by atoms with Crippen LogP contribution >= 0.6 is 15.9 Å². The Morgan fingerprint density at radius 2 is 2.11 bits per heavy atom. The SMILES string of the molecule is CCN(CC(F)(F)F)c1cccc(Br)c1/C(N)=N/O. The van der Waals surface area contributed by atoms with Crippen LogP contribution in [0.3, 0.4) is 0 Å². The second kappa shape index (κ2) is 6.14. The number of oxime groups is 1. The fourth-order valence-corrected chi connectivity index (χ4v) is 2.22. The topological polar surface area (TPSA) is 61.8 Å². The van der Waals surface area contributed by atoms with E-state index in [-0.39, 0.29) is 23.6 Å². The summed E-state index contributed by atoms with van der Waals surface area (Å²) in [5, 5.41) is 11.6. The summed E-state index contributed by atoms with van der Waals surface area (Å²) in [6.45, 7) is 0.635. The lowest BCUT2D eigenvalue weighted by Crippen LogP contribution is -2.35. The van der Waals surface area contributed by atoms with Crippen molar-refractivity contribution in [3.63, 3.8) is 0 Å². The predicted molar refractivity (Wildman–Crippen MR) is 70.6 cm³/mol. The zero-order chi connectivity index (χ0) is 14.6. The van der Waals surface area contributed by atoms with Gasteiger partial charge in [-0.05, 0) is 35.0 Å². The van der Waals surface area contributed by atoms with Crippen molar-refractivity contribution < 1.29 is 18.4 Å². The number of halogens is 4. The molecule has 4 nitrogen and oxygen atoms in total. The zero-order valence-corrected chi connectivity index (χ0v) is 11.7. The number of anilines is 1. The van der Waals surface area contributed by atoms with E-state index in [1.54, 1.807) is 19.1 Å². The van der Waals surface area contributed by atoms with Gasteiger partial charge in [-0.2, -0.15) is 13.2 Å². The molecule has 0 radical (unpaired) electrons. The third-order valence-electron chi connectivity index (χ3n) is 2.45. The van der Waals surface area contributed by atoms with Gasteiger partial charge in [-0.25, -0.2) is 0 Å². The van der Waals surface area contributed by atoms with Crippen molar-refractivity contribution >= 4 is 27.5 Å². The van der Waals surface area contributed by atoms with Gasteiger partial charge in [0, 0.05) is 16.7 Å². The lowest BCUT2D eigenvalue weighted by Gasteiger charge is -2.26. The van der Waals surface area contributed by atoms with E-state index in [1.165, 1.54) is 6.07 Å². The maximum Gasteiger partial charge on any atom is 0.405 e. The van der Waals surface area contributed by atoms with Crippen LogP contribution in [0.1, 0.15) is 12.5 Å². The van der Waals surface area contributed by atoms with Crippen LogP contribution in [0.5, 0.6) is 0 Å². The van der Waals surface area contributed by atoms with Gasteiger partial charge in [-0.1, -0.05) is 11.2 Å². The number of nitrogens with zero attached hydrogens (tertiary/aromatic N) is 2. The molecule has 1 rings (SSSR count). The summed E-state index contributed by atoms with van der Waals surface area (Å²) >= 11 is 3.19. The minimum Gasteiger partial charge on any atom is -0.409 e. The lowest BCUT2D eigenvalue weighted by atomic mass is 10.1. The first-order valence-corrected chi connectivity index (χ1v) is 6.17. The van der Waals surface area contributed by atoms with Crippen molar-refractivity contribution in [1.82, 2.24) is 0 Å². The molecule has 0 amide bonds. The normalized spacial score (nSPS) is 12.6. The van der Waals surface area contributed by atoms with E-state index in [2.05, 4.69) is 21.1 Å². The van der Waals surface area contributed by atoms with Crippen LogP contribution in [0.2, 0.25) is 0 Å². The monoisotopic (exact) mass is 339 g/mol. The second-order valence-corrected chi connectivity index (χ2v) is 4.60. The summed E-state index contributed by atoms with van der Waals surface area (Å²) in [6, 6.07) is 4.69. The van der Waals surface area contributed by atoms with Crippen molar-refractivity contribution in [1.29, 1.82) is 0 Å². The van der Waals surface area contributed by atoms with Crippen LogP contribution < -0.4 is 10.6 Å². The largest absolute Gasteiger partial charge is 0.409 e. The maximum absolute atomic E-state index is 12.5. The maximum atomic E-state index is 12.5. The molecule has 0 heterocycles. The molecule has 0 saturated heterocycles. The third kappa shape index (κ3) is 4.02. The van der Waals surface area contributed by atoms with Crippen LogP contribution in [0.25, 0.3) is 0 Å². The lowest BCUT2D eigenvalue weighted by molar-refractivity contribution is -0.119.